The second kappa shape index (κ2) is 6.02. The van der Waals surface area contributed by atoms with E-state index < -0.39 is 0 Å². The number of carbonyl (C=O) groups is 2. The van der Waals surface area contributed by atoms with Gasteiger partial charge in [0.05, 0.1) is 17.5 Å². The predicted octanol–water partition coefficient (Wildman–Crippen LogP) is 2.12. The van der Waals surface area contributed by atoms with Gasteiger partial charge in [0.25, 0.3) is 0 Å². The van der Waals surface area contributed by atoms with Crippen LogP contribution in [-0.2, 0) is 9.59 Å². The van der Waals surface area contributed by atoms with Crippen molar-refractivity contribution < 1.29 is 9.59 Å². The zero-order valence-corrected chi connectivity index (χ0v) is 15.3. The summed E-state index contributed by atoms with van der Waals surface area (Å²) in [5, 5.41) is 7.20. The summed E-state index contributed by atoms with van der Waals surface area (Å²) < 4.78 is 0. The molecule has 140 valence electrons. The first-order valence-corrected chi connectivity index (χ1v) is 9.24. The van der Waals surface area contributed by atoms with Crippen LogP contribution in [0.1, 0.15) is 5.56 Å². The monoisotopic (exact) mass is 373 g/mol. The van der Waals surface area contributed by atoms with Crippen LogP contribution in [-0.4, -0.2) is 28.3 Å². The standard InChI is InChI=1S/C21H19N5O2/c1-10-4-2-3-5-12(10)15-6-11-7-16(23-8-13(11)19(22)25-15)26-21(28)18-14-9-24-20(27)17(14)18/h2-8,14,17-18H,9H2,1H3,(H2,22,25)(H,24,27)(H,23,26,28)/t14-,17?,18+/m0/s1. The molecule has 1 saturated heterocycles. The smallest absolute Gasteiger partial charge is 0.229 e. The topological polar surface area (TPSA) is 110 Å². The van der Waals surface area contributed by atoms with E-state index in [-0.39, 0.29) is 29.6 Å². The minimum Gasteiger partial charge on any atom is -0.383 e. The lowest BCUT2D eigenvalue weighted by atomic mass is 10.0. The van der Waals surface area contributed by atoms with Crippen LogP contribution in [0.3, 0.4) is 0 Å². The molecule has 2 aromatic heterocycles. The number of amides is 2. The lowest BCUT2D eigenvalue weighted by Crippen LogP contribution is -2.27. The zero-order chi connectivity index (χ0) is 19.4. The Bertz CT molecular complexity index is 1140. The van der Waals surface area contributed by atoms with E-state index in [9.17, 15) is 9.59 Å². The van der Waals surface area contributed by atoms with Crippen molar-refractivity contribution in [1.29, 1.82) is 0 Å². The van der Waals surface area contributed by atoms with Gasteiger partial charge in [0.2, 0.25) is 11.8 Å². The number of piperidine rings is 1. The third-order valence-electron chi connectivity index (χ3n) is 5.70. The van der Waals surface area contributed by atoms with Gasteiger partial charge in [0.1, 0.15) is 11.6 Å². The van der Waals surface area contributed by atoms with Crippen LogP contribution in [0.5, 0.6) is 0 Å². The fourth-order valence-electron chi connectivity index (χ4n) is 4.13. The molecule has 3 atom stereocenters. The number of nitrogens with one attached hydrogen (secondary N) is 2. The van der Waals surface area contributed by atoms with E-state index in [1.807, 2.05) is 37.3 Å². The Hall–Kier alpha value is -3.48. The molecule has 7 nitrogen and oxygen atoms in total. The van der Waals surface area contributed by atoms with Crippen molar-refractivity contribution in [1.82, 2.24) is 15.3 Å². The molecule has 0 radical (unpaired) electrons. The number of benzene rings is 1. The third kappa shape index (κ3) is 2.58. The largest absolute Gasteiger partial charge is 0.383 e. The summed E-state index contributed by atoms with van der Waals surface area (Å²) in [6.45, 7) is 2.60. The summed E-state index contributed by atoms with van der Waals surface area (Å²) in [4.78, 5) is 33.0. The number of fused-ring (bicyclic) bond motifs is 2. The van der Waals surface area contributed by atoms with Crippen molar-refractivity contribution in [3.63, 3.8) is 0 Å². The van der Waals surface area contributed by atoms with Crippen LogP contribution in [0.2, 0.25) is 0 Å². The lowest BCUT2D eigenvalue weighted by Gasteiger charge is -2.11. The molecule has 3 aromatic rings. The van der Waals surface area contributed by atoms with E-state index in [1.54, 1.807) is 12.3 Å². The molecule has 1 aliphatic carbocycles. The first-order chi connectivity index (χ1) is 13.5. The van der Waals surface area contributed by atoms with E-state index in [2.05, 4.69) is 20.6 Å². The van der Waals surface area contributed by atoms with Crippen LogP contribution in [0.4, 0.5) is 11.6 Å². The van der Waals surface area contributed by atoms with Gasteiger partial charge >= 0.3 is 0 Å². The van der Waals surface area contributed by atoms with Gasteiger partial charge in [-0.2, -0.15) is 0 Å². The number of rotatable bonds is 3. The van der Waals surface area contributed by atoms with Crippen LogP contribution >= 0.6 is 0 Å². The van der Waals surface area contributed by atoms with Gasteiger partial charge < -0.3 is 16.4 Å². The number of aryl methyl sites for hydroxylation is 1. The van der Waals surface area contributed by atoms with Crippen molar-refractivity contribution in [2.75, 3.05) is 17.6 Å². The van der Waals surface area contributed by atoms with E-state index in [1.165, 1.54) is 0 Å². The molecule has 0 bridgehead atoms. The second-order valence-electron chi connectivity index (χ2n) is 7.45. The number of hydrogen-bond acceptors (Lipinski definition) is 5. The molecule has 2 aliphatic rings. The molecule has 5 rings (SSSR count). The molecule has 0 spiro atoms. The Labute approximate surface area is 161 Å². The Balaban J connectivity index is 1.46. The molecular weight excluding hydrogens is 354 g/mol. The summed E-state index contributed by atoms with van der Waals surface area (Å²) in [6.07, 6.45) is 1.62. The molecule has 1 aliphatic heterocycles. The zero-order valence-electron chi connectivity index (χ0n) is 15.3. The Kier molecular flexibility index (Phi) is 3.58. The fraction of sp³-hybridized carbons (Fsp3) is 0.238. The molecule has 1 saturated carbocycles. The SMILES string of the molecule is Cc1ccccc1-c1cc2cc(NC(=O)[C@H]3C4C(=O)NC[C@@H]43)ncc2c(N)n1. The molecule has 2 fully saturated rings. The highest BCUT2D eigenvalue weighted by molar-refractivity contribution is 6.02. The summed E-state index contributed by atoms with van der Waals surface area (Å²) >= 11 is 0. The van der Waals surface area contributed by atoms with Gasteiger partial charge in [-0.25, -0.2) is 9.97 Å². The Morgan fingerprint density at radius 3 is 2.86 bits per heavy atom. The van der Waals surface area contributed by atoms with Crippen molar-refractivity contribution in [3.05, 3.63) is 48.2 Å². The molecule has 4 N–H and O–H groups in total. The Morgan fingerprint density at radius 1 is 1.29 bits per heavy atom. The van der Waals surface area contributed by atoms with E-state index in [4.69, 9.17) is 5.73 Å². The van der Waals surface area contributed by atoms with Crippen LogP contribution in [0, 0.1) is 24.7 Å². The minimum absolute atomic E-state index is 0.0293. The van der Waals surface area contributed by atoms with E-state index in [0.29, 0.717) is 18.2 Å². The quantitative estimate of drug-likeness (QED) is 0.651. The van der Waals surface area contributed by atoms with Gasteiger partial charge in [-0.15, -0.1) is 0 Å². The number of nitrogen functional groups attached to an aromatic ring is 1. The maximum atomic E-state index is 12.5. The fourth-order valence-corrected chi connectivity index (χ4v) is 4.13. The van der Waals surface area contributed by atoms with Gasteiger partial charge in [-0.1, -0.05) is 24.3 Å². The number of nitrogens with two attached hydrogens (primary N) is 1. The minimum atomic E-state index is -0.253. The maximum absolute atomic E-state index is 12.5. The number of carbonyl (C=O) groups excluding carboxylic acids is 2. The summed E-state index contributed by atoms with van der Waals surface area (Å²) in [5.41, 5.74) is 9.04. The molecule has 7 heteroatoms. The van der Waals surface area contributed by atoms with Crippen molar-refractivity contribution in [3.8, 4) is 11.3 Å². The number of hydrogen-bond donors (Lipinski definition) is 3. The van der Waals surface area contributed by atoms with Gasteiger partial charge in [-0.05, 0) is 30.0 Å². The number of nitrogens with zero attached hydrogens (tertiary/aromatic N) is 2. The molecular formula is C21H19N5O2. The van der Waals surface area contributed by atoms with E-state index >= 15 is 0 Å². The highest BCUT2D eigenvalue weighted by Crippen LogP contribution is 2.49. The average Bonchev–Trinajstić information content (AvgIpc) is 3.30. The first kappa shape index (κ1) is 16.7. The molecule has 3 heterocycles. The lowest BCUT2D eigenvalue weighted by molar-refractivity contribution is -0.124. The third-order valence-corrected chi connectivity index (χ3v) is 5.70. The van der Waals surface area contributed by atoms with Crippen LogP contribution in [0.15, 0.2) is 42.6 Å². The average molecular weight is 373 g/mol. The van der Waals surface area contributed by atoms with Crippen molar-refractivity contribution in [2.24, 2.45) is 17.8 Å². The molecule has 1 aromatic carbocycles. The number of pyridine rings is 2. The summed E-state index contributed by atoms with van der Waals surface area (Å²) in [6, 6.07) is 11.7. The maximum Gasteiger partial charge on any atom is 0.229 e. The van der Waals surface area contributed by atoms with E-state index in [0.717, 1.165) is 27.6 Å². The predicted molar refractivity (Wildman–Crippen MR) is 106 cm³/mol. The van der Waals surface area contributed by atoms with Gasteiger partial charge in [-0.3, -0.25) is 9.59 Å². The van der Waals surface area contributed by atoms with Crippen molar-refractivity contribution >= 4 is 34.2 Å². The number of aromatic nitrogens is 2. The van der Waals surface area contributed by atoms with Crippen molar-refractivity contribution in [2.45, 2.75) is 6.92 Å². The molecule has 28 heavy (non-hydrogen) atoms. The molecule has 2 amide bonds. The molecule has 1 unspecified atom stereocenters. The second-order valence-corrected chi connectivity index (χ2v) is 7.45. The van der Waals surface area contributed by atoms with Gasteiger partial charge in [0.15, 0.2) is 0 Å². The summed E-state index contributed by atoms with van der Waals surface area (Å²) in [7, 11) is 0. The Morgan fingerprint density at radius 2 is 2.11 bits per heavy atom. The van der Waals surface area contributed by atoms with Crippen LogP contribution in [0.25, 0.3) is 22.0 Å². The van der Waals surface area contributed by atoms with Gasteiger partial charge in [0, 0.05) is 29.6 Å². The first-order valence-electron chi connectivity index (χ1n) is 9.24. The normalized spacial score (nSPS) is 22.6. The highest BCUT2D eigenvalue weighted by atomic mass is 16.2. The number of anilines is 2. The summed E-state index contributed by atoms with van der Waals surface area (Å²) in [5.74, 6) is 0.333. The van der Waals surface area contributed by atoms with Crippen LogP contribution < -0.4 is 16.4 Å². The highest BCUT2D eigenvalue weighted by Gasteiger charge is 2.62.